The lowest BCUT2D eigenvalue weighted by Gasteiger charge is -2.29. The highest BCUT2D eigenvalue weighted by Crippen LogP contribution is 2.41. The van der Waals surface area contributed by atoms with Gasteiger partial charge in [0.2, 0.25) is 5.95 Å². The molecule has 2 aromatic heterocycles. The second-order valence-corrected chi connectivity index (χ2v) is 9.37. The number of hydrogen-bond donors (Lipinski definition) is 1. The molecule has 176 valence electrons. The fraction of sp³-hybridized carbons (Fsp3) is 0.591. The van der Waals surface area contributed by atoms with E-state index in [0.717, 1.165) is 57.9 Å². The minimum atomic E-state index is -2.99. The van der Waals surface area contributed by atoms with E-state index in [1.807, 2.05) is 6.07 Å². The summed E-state index contributed by atoms with van der Waals surface area (Å²) in [5.74, 6) is 1.18. The normalized spacial score (nSPS) is 28.6. The molecule has 4 aliphatic rings. The lowest BCUT2D eigenvalue weighted by Crippen LogP contribution is -2.38. The molecule has 0 aromatic carbocycles. The van der Waals surface area contributed by atoms with Gasteiger partial charge in [-0.05, 0) is 25.3 Å². The van der Waals surface area contributed by atoms with Crippen LogP contribution in [0.1, 0.15) is 19.3 Å². The van der Waals surface area contributed by atoms with E-state index < -0.39 is 6.61 Å². The molecule has 4 saturated heterocycles. The molecule has 33 heavy (non-hydrogen) atoms. The van der Waals surface area contributed by atoms with Gasteiger partial charge in [0.25, 0.3) is 0 Å². The molecule has 9 nitrogen and oxygen atoms in total. The van der Waals surface area contributed by atoms with E-state index in [1.165, 1.54) is 12.3 Å². The van der Waals surface area contributed by atoms with E-state index in [4.69, 9.17) is 25.2 Å². The van der Waals surface area contributed by atoms with Crippen LogP contribution in [-0.4, -0.2) is 73.2 Å². The number of pyridine rings is 1. The molecule has 3 atom stereocenters. The van der Waals surface area contributed by atoms with Crippen molar-refractivity contribution in [3.8, 4) is 17.0 Å². The van der Waals surface area contributed by atoms with Crippen LogP contribution in [0.25, 0.3) is 11.3 Å². The van der Waals surface area contributed by atoms with Crippen LogP contribution in [0.3, 0.4) is 0 Å². The highest BCUT2D eigenvalue weighted by atomic mass is 19.3. The van der Waals surface area contributed by atoms with E-state index in [2.05, 4.69) is 19.5 Å². The van der Waals surface area contributed by atoms with Crippen molar-refractivity contribution in [1.82, 2.24) is 15.0 Å². The Morgan fingerprint density at radius 1 is 1.24 bits per heavy atom. The smallest absolute Gasteiger partial charge is 0.387 e. The van der Waals surface area contributed by atoms with Crippen molar-refractivity contribution in [1.29, 1.82) is 0 Å². The summed E-state index contributed by atoms with van der Waals surface area (Å²) in [5.41, 5.74) is 7.03. The van der Waals surface area contributed by atoms with Gasteiger partial charge in [-0.1, -0.05) is 0 Å². The Morgan fingerprint density at radius 3 is 2.88 bits per heavy atom. The minimum absolute atomic E-state index is 0.0923. The van der Waals surface area contributed by atoms with E-state index in [9.17, 15) is 8.78 Å². The van der Waals surface area contributed by atoms with Gasteiger partial charge in [-0.2, -0.15) is 13.8 Å². The minimum Gasteiger partial charge on any atom is -0.431 e. The summed E-state index contributed by atoms with van der Waals surface area (Å²) in [7, 11) is 0. The molecule has 2 aromatic rings. The Labute approximate surface area is 189 Å². The molecule has 2 N–H and O–H groups in total. The van der Waals surface area contributed by atoms with Crippen molar-refractivity contribution in [3.05, 3.63) is 18.3 Å². The number of alkyl halides is 2. The molecule has 6 rings (SSSR count). The van der Waals surface area contributed by atoms with E-state index >= 15 is 0 Å². The Balaban J connectivity index is 1.38. The standard InChI is InChI=1S/C22H26F2N6O3/c23-20(24)33-17-5-13(8-26-19(17)25)16-7-18(30-9-15-6-14(30)10-32-15)28-21(27-16)29-3-1-22(11-29)2-4-31-12-22/h5,7-8,14-15,20H,1-4,6,9-12H2,(H2,25,26). The van der Waals surface area contributed by atoms with Crippen molar-refractivity contribution in [2.75, 3.05) is 55.0 Å². The molecule has 4 fully saturated rings. The number of anilines is 3. The third kappa shape index (κ3) is 3.82. The molecule has 0 aliphatic carbocycles. The number of morpholine rings is 1. The van der Waals surface area contributed by atoms with Crippen molar-refractivity contribution in [2.45, 2.75) is 38.0 Å². The van der Waals surface area contributed by atoms with Crippen LogP contribution >= 0.6 is 0 Å². The fourth-order valence-corrected chi connectivity index (χ4v) is 5.40. The molecular formula is C22H26F2N6O3. The van der Waals surface area contributed by atoms with Gasteiger partial charge in [0.05, 0.1) is 31.1 Å². The first-order chi connectivity index (χ1) is 16.0. The van der Waals surface area contributed by atoms with E-state index in [0.29, 0.717) is 23.8 Å². The van der Waals surface area contributed by atoms with Gasteiger partial charge in [-0.25, -0.2) is 9.97 Å². The molecule has 11 heteroatoms. The van der Waals surface area contributed by atoms with Crippen LogP contribution in [0.2, 0.25) is 0 Å². The first-order valence-corrected chi connectivity index (χ1v) is 11.3. The van der Waals surface area contributed by atoms with Crippen molar-refractivity contribution < 1.29 is 23.0 Å². The molecular weight excluding hydrogens is 434 g/mol. The SMILES string of the molecule is Nc1ncc(-c2cc(N3CC4CC3CO4)nc(N3CCC4(CCOC4)C3)n2)cc1OC(F)F. The van der Waals surface area contributed by atoms with Crippen molar-refractivity contribution in [2.24, 2.45) is 5.41 Å². The zero-order valence-electron chi connectivity index (χ0n) is 18.1. The Hall–Kier alpha value is -2.79. The highest BCUT2D eigenvalue weighted by molar-refractivity contribution is 5.68. The van der Waals surface area contributed by atoms with E-state index in [-0.39, 0.29) is 29.1 Å². The van der Waals surface area contributed by atoms with E-state index in [1.54, 1.807) is 0 Å². The summed E-state index contributed by atoms with van der Waals surface area (Å²) < 4.78 is 41.7. The molecule has 4 aliphatic heterocycles. The number of aromatic nitrogens is 3. The number of nitrogen functional groups attached to an aromatic ring is 1. The molecule has 0 saturated carbocycles. The van der Waals surface area contributed by atoms with Crippen LogP contribution in [-0.2, 0) is 9.47 Å². The van der Waals surface area contributed by atoms with Crippen molar-refractivity contribution >= 4 is 17.6 Å². The Kier molecular flexibility index (Phi) is 4.98. The third-order valence-electron chi connectivity index (χ3n) is 7.20. The molecule has 0 radical (unpaired) electrons. The quantitative estimate of drug-likeness (QED) is 0.721. The predicted octanol–water partition coefficient (Wildman–Crippen LogP) is 2.32. The average molecular weight is 460 g/mol. The van der Waals surface area contributed by atoms with Gasteiger partial charge >= 0.3 is 6.61 Å². The van der Waals surface area contributed by atoms with Crippen molar-refractivity contribution in [3.63, 3.8) is 0 Å². The lowest BCUT2D eigenvalue weighted by molar-refractivity contribution is -0.0494. The Bertz CT molecular complexity index is 1050. The van der Waals surface area contributed by atoms with Gasteiger partial charge in [-0.15, -0.1) is 0 Å². The molecule has 6 heterocycles. The van der Waals surface area contributed by atoms with Crippen LogP contribution in [0, 0.1) is 5.41 Å². The largest absolute Gasteiger partial charge is 0.431 e. The number of fused-ring (bicyclic) bond motifs is 2. The summed E-state index contributed by atoms with van der Waals surface area (Å²) >= 11 is 0. The predicted molar refractivity (Wildman–Crippen MR) is 116 cm³/mol. The maximum Gasteiger partial charge on any atom is 0.387 e. The summed E-state index contributed by atoms with van der Waals surface area (Å²) in [4.78, 5) is 18.3. The summed E-state index contributed by atoms with van der Waals surface area (Å²) in [6, 6.07) is 3.62. The zero-order chi connectivity index (χ0) is 22.6. The number of rotatable bonds is 5. The highest BCUT2D eigenvalue weighted by Gasteiger charge is 2.43. The zero-order valence-corrected chi connectivity index (χ0v) is 18.1. The van der Waals surface area contributed by atoms with Crippen LogP contribution in [0.4, 0.5) is 26.4 Å². The number of nitrogens with zero attached hydrogens (tertiary/aromatic N) is 5. The van der Waals surface area contributed by atoms with Gasteiger partial charge in [0, 0.05) is 49.5 Å². The van der Waals surface area contributed by atoms with Crippen LogP contribution in [0.5, 0.6) is 5.75 Å². The molecule has 0 amide bonds. The first kappa shape index (κ1) is 20.8. The maximum atomic E-state index is 12.8. The summed E-state index contributed by atoms with van der Waals surface area (Å²) in [6.07, 6.45) is 4.80. The van der Waals surface area contributed by atoms with Crippen LogP contribution in [0.15, 0.2) is 18.3 Å². The topological polar surface area (TPSA) is 98.9 Å². The number of nitrogens with two attached hydrogens (primary N) is 1. The maximum absolute atomic E-state index is 12.8. The molecule has 3 unspecified atom stereocenters. The average Bonchev–Trinajstić information content (AvgIpc) is 3.61. The number of halogens is 2. The summed E-state index contributed by atoms with van der Waals surface area (Å²) in [6.45, 7) is 1.71. The second kappa shape index (κ2) is 7.91. The lowest BCUT2D eigenvalue weighted by atomic mass is 9.87. The molecule has 1 spiro atoms. The third-order valence-corrected chi connectivity index (χ3v) is 7.20. The second-order valence-electron chi connectivity index (χ2n) is 9.37. The van der Waals surface area contributed by atoms with Gasteiger partial charge in [0.15, 0.2) is 11.6 Å². The molecule has 2 bridgehead atoms. The number of ether oxygens (including phenoxy) is 3. The number of hydrogen-bond acceptors (Lipinski definition) is 9. The first-order valence-electron chi connectivity index (χ1n) is 11.3. The van der Waals surface area contributed by atoms with Gasteiger partial charge in [0.1, 0.15) is 5.82 Å². The summed E-state index contributed by atoms with van der Waals surface area (Å²) in [5, 5.41) is 0. The van der Waals surface area contributed by atoms with Gasteiger partial charge in [-0.3, -0.25) is 0 Å². The fourth-order valence-electron chi connectivity index (χ4n) is 5.40. The van der Waals surface area contributed by atoms with Crippen LogP contribution < -0.4 is 20.3 Å². The Morgan fingerprint density at radius 2 is 2.15 bits per heavy atom. The monoisotopic (exact) mass is 460 g/mol. The van der Waals surface area contributed by atoms with Gasteiger partial charge < -0.3 is 29.7 Å².